The van der Waals surface area contributed by atoms with E-state index >= 15 is 0 Å². The average Bonchev–Trinajstić information content (AvgIpc) is 2.28. The Morgan fingerprint density at radius 1 is 1.60 bits per heavy atom. The van der Waals surface area contributed by atoms with Crippen molar-refractivity contribution in [2.75, 3.05) is 14.2 Å². The molecule has 1 unspecified atom stereocenters. The number of aromatic nitrogens is 1. The van der Waals surface area contributed by atoms with Gasteiger partial charge in [-0.3, -0.25) is 0 Å². The first kappa shape index (κ1) is 11.4. The van der Waals surface area contributed by atoms with Crippen molar-refractivity contribution in [3.05, 3.63) is 23.5 Å². The van der Waals surface area contributed by atoms with Crippen molar-refractivity contribution in [2.24, 2.45) is 0 Å². The van der Waals surface area contributed by atoms with Crippen molar-refractivity contribution in [3.8, 4) is 11.8 Å². The Balaban J connectivity index is 2.97. The van der Waals surface area contributed by atoms with E-state index in [9.17, 15) is 5.11 Å². The Morgan fingerprint density at radius 3 is 2.87 bits per heavy atom. The molecule has 1 heterocycles. The Bertz CT molecular complexity index is 373. The maximum Gasteiger partial charge on any atom is 0.158 e. The lowest BCUT2D eigenvalue weighted by atomic mass is 10.1. The molecule has 1 aromatic heterocycles. The summed E-state index contributed by atoms with van der Waals surface area (Å²) in [6.45, 7) is 0. The Kier molecular flexibility index (Phi) is 4.03. The molecule has 0 aromatic carbocycles. The standard InChI is InChI=1S/C10H12N2O3/c1-14-8-3-7(4-10(13)15-2)9(5-11)12-6-8/h3,6,10,13H,4H2,1-2H3. The number of aliphatic hydroxyl groups excluding tert-OH is 1. The van der Waals surface area contributed by atoms with E-state index in [2.05, 4.69) is 4.98 Å². The number of pyridine rings is 1. The third kappa shape index (κ3) is 2.91. The summed E-state index contributed by atoms with van der Waals surface area (Å²) in [4.78, 5) is 3.90. The fraction of sp³-hybridized carbons (Fsp3) is 0.400. The monoisotopic (exact) mass is 208 g/mol. The zero-order valence-corrected chi connectivity index (χ0v) is 8.60. The van der Waals surface area contributed by atoms with Gasteiger partial charge in [-0.25, -0.2) is 4.98 Å². The normalized spacial score (nSPS) is 11.9. The van der Waals surface area contributed by atoms with Crippen LogP contribution in [0.25, 0.3) is 0 Å². The van der Waals surface area contributed by atoms with Crippen molar-refractivity contribution in [2.45, 2.75) is 12.7 Å². The lowest BCUT2D eigenvalue weighted by molar-refractivity contribution is -0.0721. The van der Waals surface area contributed by atoms with Crippen LogP contribution < -0.4 is 4.74 Å². The number of ether oxygens (including phenoxy) is 2. The van der Waals surface area contributed by atoms with Gasteiger partial charge < -0.3 is 14.6 Å². The molecule has 0 aliphatic carbocycles. The van der Waals surface area contributed by atoms with Gasteiger partial charge in [-0.15, -0.1) is 0 Å². The Morgan fingerprint density at radius 2 is 2.33 bits per heavy atom. The molecule has 0 bridgehead atoms. The first-order valence-electron chi connectivity index (χ1n) is 4.35. The van der Waals surface area contributed by atoms with Crippen LogP contribution in [0.4, 0.5) is 0 Å². The predicted octanol–water partition coefficient (Wildman–Crippen LogP) is 0.469. The van der Waals surface area contributed by atoms with Crippen LogP contribution >= 0.6 is 0 Å². The number of hydrogen-bond donors (Lipinski definition) is 1. The molecule has 5 heteroatoms. The second kappa shape index (κ2) is 5.29. The van der Waals surface area contributed by atoms with Gasteiger partial charge >= 0.3 is 0 Å². The van der Waals surface area contributed by atoms with E-state index in [4.69, 9.17) is 14.7 Å². The molecule has 0 aliphatic rings. The first-order valence-corrected chi connectivity index (χ1v) is 4.35. The summed E-state index contributed by atoms with van der Waals surface area (Å²) in [6.07, 6.45) is 0.733. The third-order valence-corrected chi connectivity index (χ3v) is 1.95. The average molecular weight is 208 g/mol. The predicted molar refractivity (Wildman–Crippen MR) is 52.2 cm³/mol. The van der Waals surface area contributed by atoms with E-state index in [1.54, 1.807) is 6.07 Å². The molecule has 0 radical (unpaired) electrons. The fourth-order valence-electron chi connectivity index (χ4n) is 1.13. The van der Waals surface area contributed by atoms with Crippen LogP contribution in [0, 0.1) is 11.3 Å². The van der Waals surface area contributed by atoms with E-state index in [1.165, 1.54) is 20.4 Å². The number of rotatable bonds is 4. The zero-order chi connectivity index (χ0) is 11.3. The molecular weight excluding hydrogens is 196 g/mol. The van der Waals surface area contributed by atoms with Gasteiger partial charge in [-0.2, -0.15) is 5.26 Å². The molecule has 1 aromatic rings. The summed E-state index contributed by atoms with van der Waals surface area (Å²) < 4.78 is 9.68. The van der Waals surface area contributed by atoms with Gasteiger partial charge in [0, 0.05) is 13.5 Å². The number of nitriles is 1. The SMILES string of the molecule is COc1cnc(C#N)c(CC(O)OC)c1. The summed E-state index contributed by atoms with van der Waals surface area (Å²) in [5.74, 6) is 0.548. The highest BCUT2D eigenvalue weighted by Crippen LogP contribution is 2.16. The van der Waals surface area contributed by atoms with Crippen LogP contribution in [-0.2, 0) is 11.2 Å². The minimum atomic E-state index is -0.939. The number of nitrogens with zero attached hydrogens (tertiary/aromatic N) is 2. The summed E-state index contributed by atoms with van der Waals surface area (Å²) in [5.41, 5.74) is 0.873. The molecule has 5 nitrogen and oxygen atoms in total. The van der Waals surface area contributed by atoms with E-state index in [-0.39, 0.29) is 12.1 Å². The van der Waals surface area contributed by atoms with Crippen LogP contribution in [-0.4, -0.2) is 30.6 Å². The molecule has 1 rings (SSSR count). The number of aliphatic hydroxyl groups is 1. The molecule has 0 saturated heterocycles. The zero-order valence-electron chi connectivity index (χ0n) is 8.60. The van der Waals surface area contributed by atoms with Gasteiger partial charge in [-0.05, 0) is 11.6 Å². The van der Waals surface area contributed by atoms with E-state index in [0.29, 0.717) is 11.3 Å². The van der Waals surface area contributed by atoms with Crippen molar-refractivity contribution < 1.29 is 14.6 Å². The van der Waals surface area contributed by atoms with Crippen molar-refractivity contribution in [1.82, 2.24) is 4.98 Å². The minimum absolute atomic E-state index is 0.212. The number of hydrogen-bond acceptors (Lipinski definition) is 5. The maximum atomic E-state index is 9.29. The van der Waals surface area contributed by atoms with Crippen molar-refractivity contribution in [1.29, 1.82) is 5.26 Å². The molecule has 15 heavy (non-hydrogen) atoms. The Labute approximate surface area is 87.9 Å². The first-order chi connectivity index (χ1) is 7.21. The third-order valence-electron chi connectivity index (χ3n) is 1.95. The highest BCUT2D eigenvalue weighted by atomic mass is 16.6. The van der Waals surface area contributed by atoms with Crippen LogP contribution in [0.5, 0.6) is 5.75 Å². The molecule has 1 N–H and O–H groups in total. The highest BCUT2D eigenvalue weighted by molar-refractivity contribution is 5.36. The van der Waals surface area contributed by atoms with Gasteiger partial charge in [0.15, 0.2) is 6.29 Å². The molecule has 0 aliphatic heterocycles. The second-order valence-corrected chi connectivity index (χ2v) is 2.89. The van der Waals surface area contributed by atoms with E-state index in [0.717, 1.165) is 0 Å². The fourth-order valence-corrected chi connectivity index (χ4v) is 1.13. The van der Waals surface area contributed by atoms with Crippen molar-refractivity contribution >= 4 is 0 Å². The quantitative estimate of drug-likeness (QED) is 0.728. The van der Waals surface area contributed by atoms with Crippen LogP contribution in [0.3, 0.4) is 0 Å². The lowest BCUT2D eigenvalue weighted by Gasteiger charge is -2.10. The topological polar surface area (TPSA) is 75.4 Å². The van der Waals surface area contributed by atoms with Gasteiger partial charge in [-0.1, -0.05) is 0 Å². The summed E-state index contributed by atoms with van der Waals surface area (Å²) in [6, 6.07) is 3.60. The van der Waals surface area contributed by atoms with Crippen LogP contribution in [0.1, 0.15) is 11.3 Å². The van der Waals surface area contributed by atoms with Crippen LogP contribution in [0.15, 0.2) is 12.3 Å². The smallest absolute Gasteiger partial charge is 0.158 e. The highest BCUT2D eigenvalue weighted by Gasteiger charge is 2.10. The van der Waals surface area contributed by atoms with Gasteiger partial charge in [0.25, 0.3) is 0 Å². The van der Waals surface area contributed by atoms with Gasteiger partial charge in [0.05, 0.1) is 13.3 Å². The second-order valence-electron chi connectivity index (χ2n) is 2.89. The van der Waals surface area contributed by atoms with E-state index in [1.807, 2.05) is 6.07 Å². The molecular formula is C10H12N2O3. The molecule has 0 amide bonds. The molecule has 80 valence electrons. The maximum absolute atomic E-state index is 9.29. The van der Waals surface area contributed by atoms with Gasteiger partial charge in [0.2, 0.25) is 0 Å². The summed E-state index contributed by atoms with van der Waals surface area (Å²) >= 11 is 0. The Hall–Kier alpha value is -1.64. The molecule has 0 saturated carbocycles. The molecule has 1 atom stereocenters. The van der Waals surface area contributed by atoms with Crippen LogP contribution in [0.2, 0.25) is 0 Å². The van der Waals surface area contributed by atoms with E-state index < -0.39 is 6.29 Å². The molecule has 0 fully saturated rings. The largest absolute Gasteiger partial charge is 0.495 e. The van der Waals surface area contributed by atoms with Crippen molar-refractivity contribution in [3.63, 3.8) is 0 Å². The summed E-state index contributed by atoms with van der Waals surface area (Å²) in [7, 11) is 2.91. The molecule has 0 spiro atoms. The lowest BCUT2D eigenvalue weighted by Crippen LogP contribution is -2.13. The number of methoxy groups -OCH3 is 2. The van der Waals surface area contributed by atoms with Gasteiger partial charge in [0.1, 0.15) is 17.5 Å². The summed E-state index contributed by atoms with van der Waals surface area (Å²) in [5, 5.41) is 18.1. The minimum Gasteiger partial charge on any atom is -0.495 e.